The van der Waals surface area contributed by atoms with Crippen LogP contribution in [0.5, 0.6) is 11.5 Å². The third-order valence-corrected chi connectivity index (χ3v) is 6.12. The lowest BCUT2D eigenvalue weighted by atomic mass is 9.84. The number of benzene rings is 1. The van der Waals surface area contributed by atoms with Crippen LogP contribution in [0.3, 0.4) is 0 Å². The largest absolute Gasteiger partial charge is 0.486 e. The summed E-state index contributed by atoms with van der Waals surface area (Å²) in [5.41, 5.74) is 6.93. The van der Waals surface area contributed by atoms with E-state index in [2.05, 4.69) is 5.32 Å². The number of amides is 2. The molecule has 2 aliphatic carbocycles. The predicted molar refractivity (Wildman–Crippen MR) is 108 cm³/mol. The third-order valence-electron chi connectivity index (χ3n) is 6.12. The molecular formula is C20H28ClN3O4. The second-order valence-electron chi connectivity index (χ2n) is 7.70. The van der Waals surface area contributed by atoms with Crippen molar-refractivity contribution in [2.75, 3.05) is 31.6 Å². The Bertz CT molecular complexity index is 742. The van der Waals surface area contributed by atoms with Crippen molar-refractivity contribution in [2.45, 2.75) is 32.2 Å². The Morgan fingerprint density at radius 2 is 1.89 bits per heavy atom. The number of ether oxygens (including phenoxy) is 2. The van der Waals surface area contributed by atoms with Crippen LogP contribution in [0.2, 0.25) is 0 Å². The van der Waals surface area contributed by atoms with Crippen molar-refractivity contribution < 1.29 is 19.1 Å². The van der Waals surface area contributed by atoms with Gasteiger partial charge in [0.1, 0.15) is 13.2 Å². The first kappa shape index (κ1) is 20.7. The molecule has 4 atom stereocenters. The Morgan fingerprint density at radius 3 is 2.57 bits per heavy atom. The van der Waals surface area contributed by atoms with Gasteiger partial charge < -0.3 is 25.4 Å². The first-order chi connectivity index (χ1) is 13.1. The van der Waals surface area contributed by atoms with E-state index in [0.717, 1.165) is 19.3 Å². The maximum absolute atomic E-state index is 13.0. The number of carbonyl (C=O) groups is 2. The molecule has 8 heteroatoms. The fourth-order valence-electron chi connectivity index (χ4n) is 4.75. The van der Waals surface area contributed by atoms with Gasteiger partial charge in [-0.25, -0.2) is 0 Å². The highest BCUT2D eigenvalue weighted by Crippen LogP contribution is 2.48. The fourth-order valence-corrected chi connectivity index (χ4v) is 4.75. The number of hydrogen-bond donors (Lipinski definition) is 2. The number of rotatable bonds is 5. The van der Waals surface area contributed by atoms with Gasteiger partial charge in [-0.15, -0.1) is 12.4 Å². The molecule has 2 amide bonds. The summed E-state index contributed by atoms with van der Waals surface area (Å²) in [5, 5.41) is 2.85. The maximum Gasteiger partial charge on any atom is 0.243 e. The van der Waals surface area contributed by atoms with Crippen LogP contribution < -0.4 is 20.5 Å². The average molecular weight is 410 g/mol. The Labute approximate surface area is 171 Å². The highest BCUT2D eigenvalue weighted by Gasteiger charge is 2.50. The number of anilines is 1. The van der Waals surface area contributed by atoms with E-state index in [-0.39, 0.29) is 42.7 Å². The molecule has 3 aliphatic rings. The normalized spacial score (nSPS) is 27.1. The second-order valence-corrected chi connectivity index (χ2v) is 7.70. The number of carbonyl (C=O) groups excluding carboxylic acids is 2. The minimum absolute atomic E-state index is 0. The highest BCUT2D eigenvalue weighted by molar-refractivity contribution is 5.95. The minimum atomic E-state index is -0.224. The zero-order chi connectivity index (χ0) is 19.0. The predicted octanol–water partition coefficient (Wildman–Crippen LogP) is 2.04. The molecule has 0 spiro atoms. The van der Waals surface area contributed by atoms with Gasteiger partial charge in [-0.1, -0.05) is 0 Å². The van der Waals surface area contributed by atoms with E-state index < -0.39 is 0 Å². The summed E-state index contributed by atoms with van der Waals surface area (Å²) in [4.78, 5) is 27.1. The van der Waals surface area contributed by atoms with Crippen molar-refractivity contribution in [1.29, 1.82) is 0 Å². The van der Waals surface area contributed by atoms with E-state index in [9.17, 15) is 9.59 Å². The van der Waals surface area contributed by atoms with E-state index in [4.69, 9.17) is 15.2 Å². The van der Waals surface area contributed by atoms with E-state index in [1.54, 1.807) is 23.1 Å². The number of fused-ring (bicyclic) bond motifs is 3. The number of likely N-dealkylation sites (N-methyl/N-ethyl adjacent to an activating group) is 1. The average Bonchev–Trinajstić information content (AvgIpc) is 3.27. The van der Waals surface area contributed by atoms with Gasteiger partial charge in [0.25, 0.3) is 0 Å². The molecule has 0 aromatic heterocycles. The number of nitrogens with two attached hydrogens (primary N) is 1. The van der Waals surface area contributed by atoms with E-state index in [1.807, 2.05) is 6.92 Å². The summed E-state index contributed by atoms with van der Waals surface area (Å²) in [6.45, 7) is 3.44. The van der Waals surface area contributed by atoms with E-state index >= 15 is 0 Å². The first-order valence-corrected chi connectivity index (χ1v) is 9.80. The first-order valence-electron chi connectivity index (χ1n) is 9.80. The van der Waals surface area contributed by atoms with E-state index in [1.165, 1.54) is 0 Å². The van der Waals surface area contributed by atoms with Crippen LogP contribution >= 0.6 is 12.4 Å². The molecular weight excluding hydrogens is 382 g/mol. The van der Waals surface area contributed by atoms with Gasteiger partial charge in [0.2, 0.25) is 11.8 Å². The zero-order valence-corrected chi connectivity index (χ0v) is 16.9. The van der Waals surface area contributed by atoms with Crippen molar-refractivity contribution in [2.24, 2.45) is 23.5 Å². The standard InChI is InChI=1S/C20H27N3O4.ClH/c1-2-23(20(25)18-12-3-4-13(9-12)19(18)21)11-17(24)22-14-5-6-15-16(10-14)27-8-7-26-15;/h5-6,10,12-13,18-19H,2-4,7-9,11,21H2,1H3,(H,22,24);1H. The molecule has 4 rings (SSSR count). The molecule has 3 N–H and O–H groups in total. The van der Waals surface area contributed by atoms with E-state index in [0.29, 0.717) is 48.8 Å². The number of halogens is 1. The Morgan fingerprint density at radius 1 is 1.18 bits per heavy atom. The topological polar surface area (TPSA) is 93.9 Å². The second kappa shape index (κ2) is 8.57. The van der Waals surface area contributed by atoms with Crippen molar-refractivity contribution in [3.8, 4) is 11.5 Å². The van der Waals surface area contributed by atoms with Crippen molar-refractivity contribution in [3.63, 3.8) is 0 Å². The van der Waals surface area contributed by atoms with Crippen LogP contribution in [0.25, 0.3) is 0 Å². The molecule has 4 unspecified atom stereocenters. The molecule has 0 radical (unpaired) electrons. The van der Waals surface area contributed by atoms with Crippen molar-refractivity contribution in [3.05, 3.63) is 18.2 Å². The molecule has 1 aromatic rings. The smallest absolute Gasteiger partial charge is 0.243 e. The molecule has 1 aliphatic heterocycles. The SMILES string of the molecule is CCN(CC(=O)Nc1ccc2c(c1)OCCO2)C(=O)C1C2CCC(C2)C1N.Cl. The molecule has 7 nitrogen and oxygen atoms in total. The zero-order valence-electron chi connectivity index (χ0n) is 16.1. The maximum atomic E-state index is 13.0. The lowest BCUT2D eigenvalue weighted by Crippen LogP contribution is -2.49. The molecule has 154 valence electrons. The monoisotopic (exact) mass is 409 g/mol. The molecule has 2 bridgehead atoms. The fraction of sp³-hybridized carbons (Fsp3) is 0.600. The number of nitrogens with zero attached hydrogens (tertiary/aromatic N) is 1. The van der Waals surface area contributed by atoms with Gasteiger partial charge in [-0.2, -0.15) is 0 Å². The van der Waals surface area contributed by atoms with Crippen LogP contribution in [0.4, 0.5) is 5.69 Å². The van der Waals surface area contributed by atoms with Gasteiger partial charge in [0.05, 0.1) is 12.5 Å². The lowest BCUT2D eigenvalue weighted by Gasteiger charge is -2.32. The van der Waals surface area contributed by atoms with Crippen LogP contribution in [0.1, 0.15) is 26.2 Å². The summed E-state index contributed by atoms with van der Waals surface area (Å²) in [7, 11) is 0. The quantitative estimate of drug-likeness (QED) is 0.776. The minimum Gasteiger partial charge on any atom is -0.486 e. The summed E-state index contributed by atoms with van der Waals surface area (Å²) in [5.74, 6) is 1.81. The number of nitrogens with one attached hydrogen (secondary N) is 1. The van der Waals surface area contributed by atoms with Gasteiger partial charge in [-0.3, -0.25) is 9.59 Å². The molecule has 0 saturated heterocycles. The van der Waals surface area contributed by atoms with Crippen LogP contribution in [0.15, 0.2) is 18.2 Å². The number of hydrogen-bond acceptors (Lipinski definition) is 5. The molecule has 2 saturated carbocycles. The van der Waals surface area contributed by atoms with Crippen LogP contribution in [-0.4, -0.2) is 49.1 Å². The van der Waals surface area contributed by atoms with Crippen molar-refractivity contribution >= 4 is 29.9 Å². The summed E-state index contributed by atoms with van der Waals surface area (Å²) in [6.07, 6.45) is 3.26. The van der Waals surface area contributed by atoms with Crippen LogP contribution in [-0.2, 0) is 9.59 Å². The van der Waals surface area contributed by atoms with Gasteiger partial charge in [0, 0.05) is 24.3 Å². The van der Waals surface area contributed by atoms with Gasteiger partial charge in [0.15, 0.2) is 11.5 Å². The molecule has 28 heavy (non-hydrogen) atoms. The Hall–Kier alpha value is -1.99. The van der Waals surface area contributed by atoms with Gasteiger partial charge in [-0.05, 0) is 50.2 Å². The molecule has 1 aromatic carbocycles. The van der Waals surface area contributed by atoms with Gasteiger partial charge >= 0.3 is 0 Å². The summed E-state index contributed by atoms with van der Waals surface area (Å²) in [6, 6.07) is 5.23. The van der Waals surface area contributed by atoms with Crippen LogP contribution in [0, 0.1) is 17.8 Å². The summed E-state index contributed by atoms with van der Waals surface area (Å²) < 4.78 is 11.0. The highest BCUT2D eigenvalue weighted by atomic mass is 35.5. The Kier molecular flexibility index (Phi) is 6.35. The Balaban J connectivity index is 0.00000225. The molecule has 2 fully saturated rings. The van der Waals surface area contributed by atoms with Crippen molar-refractivity contribution in [1.82, 2.24) is 4.90 Å². The summed E-state index contributed by atoms with van der Waals surface area (Å²) >= 11 is 0. The third kappa shape index (κ3) is 3.91. The molecule has 1 heterocycles. The lowest BCUT2D eigenvalue weighted by molar-refractivity contribution is -0.140.